The third-order valence-corrected chi connectivity index (χ3v) is 3.71. The van der Waals surface area contributed by atoms with Crippen molar-refractivity contribution in [3.63, 3.8) is 0 Å². The molecule has 0 aliphatic heterocycles. The lowest BCUT2D eigenvalue weighted by molar-refractivity contribution is 0.471. The van der Waals surface area contributed by atoms with Crippen LogP contribution in [0.4, 0.5) is 0 Å². The molecule has 0 aliphatic rings. The summed E-state index contributed by atoms with van der Waals surface area (Å²) in [5.74, 6) is 0. The van der Waals surface area contributed by atoms with Crippen molar-refractivity contribution in [3.8, 4) is 0 Å². The van der Waals surface area contributed by atoms with E-state index in [-0.39, 0.29) is 11.7 Å². The van der Waals surface area contributed by atoms with Crippen molar-refractivity contribution in [2.45, 2.75) is 39.7 Å². The van der Waals surface area contributed by atoms with E-state index in [0.29, 0.717) is 10.7 Å². The Labute approximate surface area is 117 Å². The Morgan fingerprint density at radius 1 is 1.53 bits per heavy atom. The Morgan fingerprint density at radius 2 is 2.16 bits per heavy atom. The van der Waals surface area contributed by atoms with E-state index in [1.807, 2.05) is 6.92 Å². The van der Waals surface area contributed by atoms with Crippen molar-refractivity contribution in [3.05, 3.63) is 33.8 Å². The van der Waals surface area contributed by atoms with E-state index in [9.17, 15) is 4.79 Å². The van der Waals surface area contributed by atoms with Gasteiger partial charge < -0.3 is 0 Å². The van der Waals surface area contributed by atoms with Gasteiger partial charge in [-0.1, -0.05) is 32.0 Å². The average molecular weight is 280 g/mol. The van der Waals surface area contributed by atoms with Gasteiger partial charge in [0.05, 0.1) is 10.5 Å². The minimum Gasteiger partial charge on any atom is -0.290 e. The van der Waals surface area contributed by atoms with Crippen LogP contribution in [-0.2, 0) is 0 Å². The number of hydrogen-bond acceptors (Lipinski definition) is 2. The van der Waals surface area contributed by atoms with Gasteiger partial charge in [-0.2, -0.15) is 0 Å². The molecule has 19 heavy (non-hydrogen) atoms. The van der Waals surface area contributed by atoms with Crippen LogP contribution in [0.2, 0.25) is 5.02 Å². The maximum atomic E-state index is 12.2. The number of aromatic amines is 1. The smallest absolute Gasteiger partial charge is 0.290 e. The molecular formula is C14H18ClN3O. The number of hydrogen-bond donors (Lipinski definition) is 1. The predicted molar refractivity (Wildman–Crippen MR) is 79.7 cm³/mol. The molecule has 0 atom stereocenters. The van der Waals surface area contributed by atoms with Crippen LogP contribution in [0.5, 0.6) is 0 Å². The van der Waals surface area contributed by atoms with Crippen LogP contribution in [0.1, 0.15) is 45.2 Å². The number of aromatic nitrogens is 3. The van der Waals surface area contributed by atoms with Crippen molar-refractivity contribution >= 4 is 28.3 Å². The Balaban J connectivity index is 2.90. The summed E-state index contributed by atoms with van der Waals surface area (Å²) >= 11 is 6.22. The van der Waals surface area contributed by atoms with Crippen LogP contribution in [0, 0.1) is 0 Å². The number of allylic oxidation sites excluding steroid dienone is 1. The predicted octanol–water partition coefficient (Wildman–Crippen LogP) is 3.77. The highest BCUT2D eigenvalue weighted by molar-refractivity contribution is 6.33. The normalized spacial score (nSPS) is 11.4. The molecule has 2 heterocycles. The number of pyridine rings is 1. The lowest BCUT2D eigenvalue weighted by Gasteiger charge is -2.16. The Kier molecular flexibility index (Phi) is 3.80. The second-order valence-electron chi connectivity index (χ2n) is 4.73. The van der Waals surface area contributed by atoms with E-state index in [4.69, 9.17) is 11.6 Å². The van der Waals surface area contributed by atoms with E-state index in [1.54, 1.807) is 10.8 Å². The molecule has 2 aromatic heterocycles. The van der Waals surface area contributed by atoms with Crippen LogP contribution >= 0.6 is 11.6 Å². The number of nitrogens with zero attached hydrogens (tertiary/aromatic N) is 2. The zero-order chi connectivity index (χ0) is 14.2. The molecule has 5 heteroatoms. The highest BCUT2D eigenvalue weighted by atomic mass is 35.5. The van der Waals surface area contributed by atoms with E-state index in [0.717, 1.165) is 29.5 Å². The first-order chi connectivity index (χ1) is 9.01. The minimum atomic E-state index is -0.138. The van der Waals surface area contributed by atoms with E-state index in [1.165, 1.54) is 0 Å². The van der Waals surface area contributed by atoms with Crippen molar-refractivity contribution in [2.75, 3.05) is 0 Å². The van der Waals surface area contributed by atoms with Gasteiger partial charge in [0.2, 0.25) is 0 Å². The summed E-state index contributed by atoms with van der Waals surface area (Å²) in [6.45, 7) is 9.98. The quantitative estimate of drug-likeness (QED) is 0.926. The molecule has 0 saturated carbocycles. The number of H-pyrrole nitrogens is 1. The molecule has 0 radical (unpaired) electrons. The molecule has 0 amide bonds. The maximum absolute atomic E-state index is 12.2. The van der Waals surface area contributed by atoms with Crippen molar-refractivity contribution in [1.29, 1.82) is 0 Å². The van der Waals surface area contributed by atoms with E-state index >= 15 is 0 Å². The molecule has 0 unspecified atom stereocenters. The molecule has 0 saturated heterocycles. The zero-order valence-corrected chi connectivity index (χ0v) is 12.2. The third-order valence-electron chi connectivity index (χ3n) is 3.43. The van der Waals surface area contributed by atoms with E-state index in [2.05, 4.69) is 30.4 Å². The second kappa shape index (κ2) is 5.21. The van der Waals surface area contributed by atoms with Gasteiger partial charge in [0.1, 0.15) is 0 Å². The first-order valence-corrected chi connectivity index (χ1v) is 6.83. The summed E-state index contributed by atoms with van der Waals surface area (Å²) < 4.78 is 1.76. The number of nitrogens with one attached hydrogen (secondary N) is 1. The highest BCUT2D eigenvalue weighted by Crippen LogP contribution is 2.30. The Hall–Kier alpha value is -1.55. The first kappa shape index (κ1) is 13.9. The Bertz CT molecular complexity index is 680. The van der Waals surface area contributed by atoms with Gasteiger partial charge in [-0.15, -0.1) is 0 Å². The molecule has 0 fully saturated rings. The summed E-state index contributed by atoms with van der Waals surface area (Å²) in [7, 11) is 0. The molecule has 0 aromatic carbocycles. The minimum absolute atomic E-state index is 0.138. The van der Waals surface area contributed by atoms with E-state index < -0.39 is 0 Å². The van der Waals surface area contributed by atoms with Crippen molar-refractivity contribution < 1.29 is 0 Å². The number of rotatable bonds is 4. The van der Waals surface area contributed by atoms with Crippen LogP contribution < -0.4 is 5.69 Å². The molecular weight excluding hydrogens is 262 g/mol. The SMILES string of the molecule is C=C(C)c1c(Cl)cnc2[nH]c(=O)n(C(CC)CC)c12. The summed E-state index contributed by atoms with van der Waals surface area (Å²) in [6.07, 6.45) is 3.32. The molecule has 0 spiro atoms. The van der Waals surface area contributed by atoms with Crippen molar-refractivity contribution in [1.82, 2.24) is 14.5 Å². The summed E-state index contributed by atoms with van der Waals surface area (Å²) in [4.78, 5) is 19.2. The molecule has 1 N–H and O–H groups in total. The van der Waals surface area contributed by atoms with Gasteiger partial charge in [0, 0.05) is 17.8 Å². The summed E-state index contributed by atoms with van der Waals surface area (Å²) in [6, 6.07) is 0.139. The average Bonchev–Trinajstić information content (AvgIpc) is 2.68. The van der Waals surface area contributed by atoms with Crippen molar-refractivity contribution in [2.24, 2.45) is 0 Å². The van der Waals surface area contributed by atoms with Gasteiger partial charge in [-0.25, -0.2) is 9.78 Å². The Morgan fingerprint density at radius 3 is 2.68 bits per heavy atom. The topological polar surface area (TPSA) is 50.7 Å². The largest absolute Gasteiger partial charge is 0.327 e. The first-order valence-electron chi connectivity index (χ1n) is 6.45. The lowest BCUT2D eigenvalue weighted by Crippen LogP contribution is -2.21. The standard InChI is InChI=1S/C14H18ClN3O/c1-5-9(6-2)18-12-11(8(3)4)10(15)7-16-13(12)17-14(18)19/h7,9H,3,5-6H2,1-2,4H3,(H,16,17,19). The zero-order valence-electron chi connectivity index (χ0n) is 11.5. The monoisotopic (exact) mass is 279 g/mol. The fraction of sp³-hybridized carbons (Fsp3) is 0.429. The molecule has 2 rings (SSSR count). The number of imidazole rings is 1. The molecule has 102 valence electrons. The van der Waals surface area contributed by atoms with Gasteiger partial charge in [-0.05, 0) is 25.3 Å². The third kappa shape index (κ3) is 2.21. The summed E-state index contributed by atoms with van der Waals surface area (Å²) in [5.41, 5.74) is 2.83. The van der Waals surface area contributed by atoms with Gasteiger partial charge in [-0.3, -0.25) is 9.55 Å². The highest BCUT2D eigenvalue weighted by Gasteiger charge is 2.19. The van der Waals surface area contributed by atoms with Crippen LogP contribution in [0.15, 0.2) is 17.6 Å². The second-order valence-corrected chi connectivity index (χ2v) is 5.14. The fourth-order valence-corrected chi connectivity index (χ4v) is 2.78. The number of halogens is 1. The molecule has 0 aliphatic carbocycles. The van der Waals surface area contributed by atoms with Crippen LogP contribution in [0.25, 0.3) is 16.7 Å². The number of fused-ring (bicyclic) bond motifs is 1. The van der Waals surface area contributed by atoms with Gasteiger partial charge in [0.15, 0.2) is 5.65 Å². The van der Waals surface area contributed by atoms with Crippen LogP contribution in [-0.4, -0.2) is 14.5 Å². The van der Waals surface area contributed by atoms with Gasteiger partial charge in [0.25, 0.3) is 0 Å². The van der Waals surface area contributed by atoms with Gasteiger partial charge >= 0.3 is 5.69 Å². The molecule has 0 bridgehead atoms. The molecule has 4 nitrogen and oxygen atoms in total. The fourth-order valence-electron chi connectivity index (χ4n) is 2.48. The van der Waals surface area contributed by atoms with Crippen LogP contribution in [0.3, 0.4) is 0 Å². The lowest BCUT2D eigenvalue weighted by atomic mass is 10.1. The molecule has 2 aromatic rings. The summed E-state index contributed by atoms with van der Waals surface area (Å²) in [5, 5.41) is 0.527. The maximum Gasteiger partial charge on any atom is 0.327 e.